The molecule has 0 saturated carbocycles. The van der Waals surface area contributed by atoms with E-state index < -0.39 is 0 Å². The van der Waals surface area contributed by atoms with Crippen molar-refractivity contribution in [1.29, 1.82) is 0 Å². The third-order valence-electron chi connectivity index (χ3n) is 6.59. The average molecular weight is 502 g/mol. The number of rotatable bonds is 14. The number of benzene rings is 2. The van der Waals surface area contributed by atoms with E-state index in [0.717, 1.165) is 30.0 Å². The van der Waals surface area contributed by atoms with Crippen LogP contribution in [-0.2, 0) is 0 Å². The monoisotopic (exact) mass is 501 g/mol. The largest absolute Gasteiger partial charge is 0.493 e. The van der Waals surface area contributed by atoms with Crippen molar-refractivity contribution >= 4 is 17.7 Å². The molecule has 0 heterocycles. The number of unbranched alkanes of at least 4 members (excludes halogenated alkanes) is 1. The van der Waals surface area contributed by atoms with Gasteiger partial charge in [0, 0.05) is 43.2 Å². The molecule has 1 amide bonds. The van der Waals surface area contributed by atoms with E-state index in [-0.39, 0.29) is 11.9 Å². The minimum Gasteiger partial charge on any atom is -0.493 e. The molecule has 0 aliphatic carbocycles. The number of hydrogen-bond donors (Lipinski definition) is 2. The number of thioether (sulfide) groups is 1. The number of nitrogens with zero attached hydrogens (tertiary/aromatic N) is 2. The second-order valence-corrected chi connectivity index (χ2v) is 10.4. The summed E-state index contributed by atoms with van der Waals surface area (Å²) in [4.78, 5) is 16.0. The Hall–Kier alpha value is -2.06. The summed E-state index contributed by atoms with van der Waals surface area (Å²) >= 11 is 1.67. The SMILES string of the molecule is CSc1ccc(C(=O)NCC(C)CN(C)C(C)c2ccc(OCCCCN(C)O)c(C)c2C)cc1. The van der Waals surface area contributed by atoms with Gasteiger partial charge in [0.2, 0.25) is 0 Å². The number of carbonyl (C=O) groups excluding carboxylic acids is 1. The lowest BCUT2D eigenvalue weighted by atomic mass is 9.96. The van der Waals surface area contributed by atoms with Crippen molar-refractivity contribution in [3.05, 3.63) is 58.7 Å². The molecule has 0 spiro atoms. The van der Waals surface area contributed by atoms with Crippen molar-refractivity contribution < 1.29 is 14.7 Å². The Bertz CT molecular complexity index is 934. The summed E-state index contributed by atoms with van der Waals surface area (Å²) in [6.07, 6.45) is 3.83. The molecule has 2 atom stereocenters. The quantitative estimate of drug-likeness (QED) is 0.201. The zero-order chi connectivity index (χ0) is 26.0. The fraction of sp³-hybridized carbons (Fsp3) is 0.536. The second-order valence-electron chi connectivity index (χ2n) is 9.50. The average Bonchev–Trinajstić information content (AvgIpc) is 2.84. The van der Waals surface area contributed by atoms with E-state index in [9.17, 15) is 10.0 Å². The molecule has 35 heavy (non-hydrogen) atoms. The first kappa shape index (κ1) is 29.2. The molecule has 7 heteroatoms. The Morgan fingerprint density at radius 2 is 1.74 bits per heavy atom. The van der Waals surface area contributed by atoms with Gasteiger partial charge < -0.3 is 15.3 Å². The number of ether oxygens (including phenoxy) is 1. The summed E-state index contributed by atoms with van der Waals surface area (Å²) in [5.41, 5.74) is 4.43. The normalized spacial score (nSPS) is 13.2. The molecule has 0 radical (unpaired) electrons. The maximum Gasteiger partial charge on any atom is 0.251 e. The van der Waals surface area contributed by atoms with Crippen LogP contribution in [-0.4, -0.2) is 67.7 Å². The maximum atomic E-state index is 12.5. The van der Waals surface area contributed by atoms with Gasteiger partial charge in [-0.25, -0.2) is 0 Å². The van der Waals surface area contributed by atoms with Crippen LogP contribution in [0.1, 0.15) is 59.8 Å². The predicted molar refractivity (Wildman–Crippen MR) is 146 cm³/mol. The molecule has 2 rings (SSSR count). The lowest BCUT2D eigenvalue weighted by Gasteiger charge is -2.30. The van der Waals surface area contributed by atoms with Gasteiger partial charge in [0.25, 0.3) is 5.91 Å². The Kier molecular flexibility index (Phi) is 12.1. The predicted octanol–water partition coefficient (Wildman–Crippen LogP) is 5.56. The minimum atomic E-state index is -0.0226. The Labute approximate surface area is 216 Å². The van der Waals surface area contributed by atoms with Crippen LogP contribution < -0.4 is 10.1 Å². The molecule has 0 bridgehead atoms. The molecule has 194 valence electrons. The van der Waals surface area contributed by atoms with Crippen molar-refractivity contribution in [3.63, 3.8) is 0 Å². The molecule has 0 saturated heterocycles. The smallest absolute Gasteiger partial charge is 0.251 e. The maximum absolute atomic E-state index is 12.5. The van der Waals surface area contributed by atoms with Crippen LogP contribution in [0.3, 0.4) is 0 Å². The number of carbonyl (C=O) groups is 1. The molecule has 2 N–H and O–H groups in total. The van der Waals surface area contributed by atoms with Crippen molar-refractivity contribution in [3.8, 4) is 5.75 Å². The highest BCUT2D eigenvalue weighted by Gasteiger charge is 2.19. The zero-order valence-electron chi connectivity index (χ0n) is 22.4. The lowest BCUT2D eigenvalue weighted by molar-refractivity contribution is -0.0659. The number of nitrogens with one attached hydrogen (secondary N) is 1. The van der Waals surface area contributed by atoms with Gasteiger partial charge in [0.05, 0.1) is 6.61 Å². The van der Waals surface area contributed by atoms with E-state index >= 15 is 0 Å². The summed E-state index contributed by atoms with van der Waals surface area (Å²) in [7, 11) is 3.80. The molecule has 0 aliphatic rings. The van der Waals surface area contributed by atoms with Gasteiger partial charge in [0.15, 0.2) is 0 Å². The van der Waals surface area contributed by atoms with Gasteiger partial charge in [-0.1, -0.05) is 13.0 Å². The highest BCUT2D eigenvalue weighted by molar-refractivity contribution is 7.98. The van der Waals surface area contributed by atoms with Gasteiger partial charge >= 0.3 is 0 Å². The molecular formula is C28H43N3O3S. The van der Waals surface area contributed by atoms with Crippen LogP contribution in [0.5, 0.6) is 5.75 Å². The second kappa shape index (κ2) is 14.5. The molecule has 2 aromatic rings. The van der Waals surface area contributed by atoms with Gasteiger partial charge in [-0.15, -0.1) is 11.8 Å². The van der Waals surface area contributed by atoms with E-state index in [4.69, 9.17) is 4.74 Å². The van der Waals surface area contributed by atoms with E-state index in [1.54, 1.807) is 18.8 Å². The summed E-state index contributed by atoms with van der Waals surface area (Å²) in [6, 6.07) is 12.2. The molecule has 6 nitrogen and oxygen atoms in total. The Balaban J connectivity index is 1.87. The van der Waals surface area contributed by atoms with Crippen molar-refractivity contribution in [2.45, 2.75) is 51.5 Å². The minimum absolute atomic E-state index is 0.0226. The highest BCUT2D eigenvalue weighted by Crippen LogP contribution is 2.30. The summed E-state index contributed by atoms with van der Waals surface area (Å²) in [5.74, 6) is 1.23. The van der Waals surface area contributed by atoms with E-state index in [1.165, 1.54) is 21.8 Å². The fourth-order valence-electron chi connectivity index (χ4n) is 4.11. The first-order valence-corrected chi connectivity index (χ1v) is 13.6. The third kappa shape index (κ3) is 9.15. The lowest BCUT2D eigenvalue weighted by Crippen LogP contribution is -2.35. The number of amides is 1. The first-order valence-electron chi connectivity index (χ1n) is 12.4. The fourth-order valence-corrected chi connectivity index (χ4v) is 4.52. The van der Waals surface area contributed by atoms with E-state index in [0.29, 0.717) is 31.2 Å². The van der Waals surface area contributed by atoms with Gasteiger partial charge in [-0.05, 0) is 99.9 Å². The summed E-state index contributed by atoms with van der Waals surface area (Å²) in [5, 5.41) is 13.5. The van der Waals surface area contributed by atoms with E-state index in [1.807, 2.05) is 30.5 Å². The zero-order valence-corrected chi connectivity index (χ0v) is 23.2. The molecule has 2 unspecified atom stereocenters. The number of hydrogen-bond acceptors (Lipinski definition) is 6. The van der Waals surface area contributed by atoms with Crippen molar-refractivity contribution in [2.75, 3.05) is 46.6 Å². The molecular weight excluding hydrogens is 458 g/mol. The van der Waals surface area contributed by atoms with Crippen LogP contribution in [0.4, 0.5) is 0 Å². The summed E-state index contributed by atoms with van der Waals surface area (Å²) < 4.78 is 6.01. The van der Waals surface area contributed by atoms with Gasteiger partial charge in [-0.3, -0.25) is 9.69 Å². The molecule has 0 aromatic heterocycles. The van der Waals surface area contributed by atoms with Gasteiger partial charge in [0.1, 0.15) is 5.75 Å². The molecule has 0 fully saturated rings. The van der Waals surface area contributed by atoms with Crippen LogP contribution in [0.15, 0.2) is 41.3 Å². The first-order chi connectivity index (χ1) is 16.6. The van der Waals surface area contributed by atoms with Gasteiger partial charge in [-0.2, -0.15) is 5.06 Å². The Morgan fingerprint density at radius 3 is 2.37 bits per heavy atom. The van der Waals surface area contributed by atoms with Crippen LogP contribution in [0.25, 0.3) is 0 Å². The standard InChI is InChI=1S/C28H43N3O3S/c1-20(18-29-28(32)24-10-12-25(35-7)13-11-24)19-30(5)23(4)26-14-15-27(22(3)21(26)2)34-17-9-8-16-31(6)33/h10-15,20,23,33H,8-9,16-19H2,1-7H3,(H,29,32). The van der Waals surface area contributed by atoms with Crippen LogP contribution in [0, 0.1) is 19.8 Å². The van der Waals surface area contributed by atoms with E-state index in [2.05, 4.69) is 57.1 Å². The highest BCUT2D eigenvalue weighted by atomic mass is 32.2. The van der Waals surface area contributed by atoms with Crippen LogP contribution in [0.2, 0.25) is 0 Å². The van der Waals surface area contributed by atoms with Crippen molar-refractivity contribution in [1.82, 2.24) is 15.3 Å². The summed E-state index contributed by atoms with van der Waals surface area (Å²) in [6.45, 7) is 11.5. The van der Waals surface area contributed by atoms with Crippen molar-refractivity contribution in [2.24, 2.45) is 5.92 Å². The Morgan fingerprint density at radius 1 is 1.06 bits per heavy atom. The molecule has 0 aliphatic heterocycles. The topological polar surface area (TPSA) is 65.0 Å². The third-order valence-corrected chi connectivity index (χ3v) is 7.33. The number of hydroxylamine groups is 2. The van der Waals surface area contributed by atoms with Crippen LogP contribution >= 0.6 is 11.8 Å². The molecule has 2 aromatic carbocycles.